The zero-order valence-electron chi connectivity index (χ0n) is 5.79. The molecule has 10 heavy (non-hydrogen) atoms. The maximum absolute atomic E-state index is 7.05. The summed E-state index contributed by atoms with van der Waals surface area (Å²) >= 11 is 4.63. The minimum Gasteiger partial charge on any atom is -0.689 e. The van der Waals surface area contributed by atoms with Crippen molar-refractivity contribution in [1.29, 1.82) is 0 Å². The normalized spacial score (nSPS) is 8.00. The molecular weight excluding hydrogens is 169 g/mol. The van der Waals surface area contributed by atoms with E-state index < -0.39 is 0 Å². The molecule has 0 amide bonds. The molecule has 0 spiro atoms. The Morgan fingerprint density at radius 3 is 2.00 bits per heavy atom. The molecule has 0 fully saturated rings. The molecule has 1 N–H and O–H groups in total. The molecular formula is C7H6KNS. The van der Waals surface area contributed by atoms with Gasteiger partial charge in [0, 0.05) is 0 Å². The van der Waals surface area contributed by atoms with Gasteiger partial charge >= 0.3 is 51.4 Å². The largest absolute Gasteiger partial charge is 1.00 e. The number of nitrogens with one attached hydrogen (secondary N) is 1. The fourth-order valence-corrected chi connectivity index (χ4v) is 0.726. The van der Waals surface area contributed by atoms with Crippen LogP contribution >= 0.6 is 12.2 Å². The fraction of sp³-hybridized carbons (Fsp3) is 0. The van der Waals surface area contributed by atoms with E-state index in [0.29, 0.717) is 0 Å². The SMILES string of the molecule is [K+].[NH-]C(=S)c1ccccc1. The number of hydrogen-bond acceptors (Lipinski definition) is 1. The van der Waals surface area contributed by atoms with Crippen LogP contribution in [0.2, 0.25) is 0 Å². The fourth-order valence-electron chi connectivity index (χ4n) is 0.590. The van der Waals surface area contributed by atoms with Crippen LogP contribution < -0.4 is 51.4 Å². The summed E-state index contributed by atoms with van der Waals surface area (Å²) in [6, 6.07) is 9.30. The second-order valence-electron chi connectivity index (χ2n) is 1.70. The van der Waals surface area contributed by atoms with Crippen molar-refractivity contribution in [3.8, 4) is 0 Å². The summed E-state index contributed by atoms with van der Waals surface area (Å²) in [5.41, 5.74) is 7.86. The second kappa shape index (κ2) is 5.40. The van der Waals surface area contributed by atoms with E-state index in [1.165, 1.54) is 0 Å². The van der Waals surface area contributed by atoms with Crippen LogP contribution in [-0.4, -0.2) is 4.99 Å². The summed E-state index contributed by atoms with van der Waals surface area (Å²) in [5, 5.41) is 0. The van der Waals surface area contributed by atoms with Crippen LogP contribution in [0.3, 0.4) is 0 Å². The van der Waals surface area contributed by atoms with Gasteiger partial charge in [-0.15, -0.1) is 12.2 Å². The van der Waals surface area contributed by atoms with Gasteiger partial charge < -0.3 is 5.73 Å². The third kappa shape index (κ3) is 3.23. The monoisotopic (exact) mass is 175 g/mol. The molecule has 0 aliphatic rings. The van der Waals surface area contributed by atoms with Crippen LogP contribution in [0.15, 0.2) is 30.3 Å². The number of benzene rings is 1. The molecule has 0 bridgehead atoms. The van der Waals surface area contributed by atoms with Gasteiger partial charge in [0.1, 0.15) is 0 Å². The third-order valence-corrected chi connectivity index (χ3v) is 1.27. The molecule has 1 nitrogen and oxygen atoms in total. The van der Waals surface area contributed by atoms with E-state index in [9.17, 15) is 0 Å². The molecule has 1 rings (SSSR count). The first-order valence-electron chi connectivity index (χ1n) is 2.61. The zero-order chi connectivity index (χ0) is 6.69. The van der Waals surface area contributed by atoms with Gasteiger partial charge in [-0.1, -0.05) is 35.3 Å². The van der Waals surface area contributed by atoms with Crippen molar-refractivity contribution in [2.45, 2.75) is 0 Å². The maximum atomic E-state index is 7.05. The Hall–Kier alpha value is 0.746. The molecule has 0 aliphatic heterocycles. The van der Waals surface area contributed by atoms with Crippen molar-refractivity contribution >= 4 is 17.2 Å². The van der Waals surface area contributed by atoms with E-state index in [4.69, 9.17) is 5.73 Å². The predicted octanol–water partition coefficient (Wildman–Crippen LogP) is -0.582. The molecule has 0 saturated carbocycles. The Kier molecular flexibility index (Phi) is 5.81. The maximum Gasteiger partial charge on any atom is 1.00 e. The van der Waals surface area contributed by atoms with Gasteiger partial charge in [0.2, 0.25) is 0 Å². The molecule has 0 radical (unpaired) electrons. The molecule has 1 aromatic rings. The van der Waals surface area contributed by atoms with Gasteiger partial charge in [-0.25, -0.2) is 0 Å². The summed E-state index contributed by atoms with van der Waals surface area (Å²) in [5.74, 6) is 0. The van der Waals surface area contributed by atoms with Crippen molar-refractivity contribution in [2.75, 3.05) is 0 Å². The zero-order valence-corrected chi connectivity index (χ0v) is 9.73. The molecule has 3 heteroatoms. The number of hydrogen-bond donors (Lipinski definition) is 0. The first kappa shape index (κ1) is 10.7. The first-order valence-corrected chi connectivity index (χ1v) is 3.02. The van der Waals surface area contributed by atoms with Crippen LogP contribution in [0.1, 0.15) is 5.56 Å². The van der Waals surface area contributed by atoms with Crippen LogP contribution in [0.5, 0.6) is 0 Å². The topological polar surface area (TPSA) is 23.8 Å². The quantitative estimate of drug-likeness (QED) is 0.414. The van der Waals surface area contributed by atoms with Crippen LogP contribution in [0.4, 0.5) is 0 Å². The van der Waals surface area contributed by atoms with Crippen molar-refractivity contribution in [1.82, 2.24) is 0 Å². The Bertz CT molecular complexity index is 210. The average molecular weight is 175 g/mol. The van der Waals surface area contributed by atoms with Gasteiger partial charge in [-0.2, -0.15) is 0 Å². The molecule has 0 atom stereocenters. The molecule has 1 aromatic carbocycles. The van der Waals surface area contributed by atoms with Crippen LogP contribution in [0.25, 0.3) is 5.73 Å². The summed E-state index contributed by atoms with van der Waals surface area (Å²) in [6.07, 6.45) is 0. The molecule has 0 aromatic heterocycles. The van der Waals surface area contributed by atoms with E-state index in [-0.39, 0.29) is 56.4 Å². The van der Waals surface area contributed by atoms with Gasteiger partial charge in [-0.3, -0.25) is 0 Å². The standard InChI is InChI=1S/C7H7NS.K/c8-7(9)6-4-2-1-3-5-6;/h1-5H,(H2,8,9);/q;+1/p-1. The van der Waals surface area contributed by atoms with Crippen LogP contribution in [0, 0.1) is 0 Å². The van der Waals surface area contributed by atoms with Gasteiger partial charge in [-0.05, 0) is 5.56 Å². The van der Waals surface area contributed by atoms with E-state index in [2.05, 4.69) is 12.2 Å². The van der Waals surface area contributed by atoms with Crippen molar-refractivity contribution in [3.05, 3.63) is 41.6 Å². The van der Waals surface area contributed by atoms with E-state index in [1.807, 2.05) is 30.3 Å². The van der Waals surface area contributed by atoms with Crippen molar-refractivity contribution in [3.63, 3.8) is 0 Å². The Balaban J connectivity index is 0.000000810. The van der Waals surface area contributed by atoms with Gasteiger partial charge in [0.15, 0.2) is 0 Å². The second-order valence-corrected chi connectivity index (χ2v) is 2.10. The molecule has 46 valence electrons. The molecule has 0 heterocycles. The van der Waals surface area contributed by atoms with Gasteiger partial charge in [0.25, 0.3) is 0 Å². The van der Waals surface area contributed by atoms with Crippen molar-refractivity contribution < 1.29 is 51.4 Å². The first-order chi connectivity index (χ1) is 4.30. The summed E-state index contributed by atoms with van der Waals surface area (Å²) in [4.78, 5) is 0.204. The smallest absolute Gasteiger partial charge is 0.689 e. The average Bonchev–Trinajstić information content (AvgIpc) is 1.90. The summed E-state index contributed by atoms with van der Waals surface area (Å²) < 4.78 is 0. The molecule has 0 aliphatic carbocycles. The molecule has 0 saturated heterocycles. The minimum absolute atomic E-state index is 0. The predicted molar refractivity (Wildman–Crippen MR) is 42.5 cm³/mol. The Morgan fingerprint density at radius 2 is 1.70 bits per heavy atom. The Labute approximate surface area is 108 Å². The Morgan fingerprint density at radius 1 is 1.20 bits per heavy atom. The van der Waals surface area contributed by atoms with E-state index >= 15 is 0 Å². The molecule has 0 unspecified atom stereocenters. The number of rotatable bonds is 1. The number of thiocarbonyl (C=S) groups is 1. The van der Waals surface area contributed by atoms with Gasteiger partial charge in [0.05, 0.1) is 0 Å². The van der Waals surface area contributed by atoms with Crippen molar-refractivity contribution in [2.24, 2.45) is 0 Å². The van der Waals surface area contributed by atoms with E-state index in [0.717, 1.165) is 5.56 Å². The third-order valence-electron chi connectivity index (χ3n) is 1.04. The minimum atomic E-state index is 0. The van der Waals surface area contributed by atoms with Crippen LogP contribution in [-0.2, 0) is 0 Å². The van der Waals surface area contributed by atoms with E-state index in [1.54, 1.807) is 0 Å². The summed E-state index contributed by atoms with van der Waals surface area (Å²) in [7, 11) is 0. The summed E-state index contributed by atoms with van der Waals surface area (Å²) in [6.45, 7) is 0.